The number of nitrogens with one attached hydrogen (secondary N) is 1. The fraction of sp³-hybridized carbons (Fsp3) is 0.909. The Morgan fingerprint density at radius 1 is 1.60 bits per heavy atom. The zero-order valence-corrected chi connectivity index (χ0v) is 9.28. The lowest BCUT2D eigenvalue weighted by molar-refractivity contribution is -0.139. The predicted molar refractivity (Wildman–Crippen MR) is 57.8 cm³/mol. The van der Waals surface area contributed by atoms with Gasteiger partial charge in [0.15, 0.2) is 0 Å². The van der Waals surface area contributed by atoms with Crippen molar-refractivity contribution < 1.29 is 9.90 Å². The van der Waals surface area contributed by atoms with E-state index in [4.69, 9.17) is 5.11 Å². The minimum Gasteiger partial charge on any atom is -0.480 e. The van der Waals surface area contributed by atoms with E-state index in [9.17, 15) is 4.79 Å². The Morgan fingerprint density at radius 2 is 2.40 bits per heavy atom. The number of likely N-dealkylation sites (tertiary alicyclic amines) is 1. The van der Waals surface area contributed by atoms with Crippen LogP contribution in [0.1, 0.15) is 26.2 Å². The van der Waals surface area contributed by atoms with Crippen molar-refractivity contribution in [1.82, 2.24) is 10.2 Å². The average molecular weight is 212 g/mol. The van der Waals surface area contributed by atoms with E-state index in [1.54, 1.807) is 0 Å². The summed E-state index contributed by atoms with van der Waals surface area (Å²) >= 11 is 0. The van der Waals surface area contributed by atoms with E-state index in [0.717, 1.165) is 19.5 Å². The smallest absolute Gasteiger partial charge is 0.320 e. The van der Waals surface area contributed by atoms with Crippen LogP contribution in [0.3, 0.4) is 0 Å². The van der Waals surface area contributed by atoms with Crippen LogP contribution >= 0.6 is 0 Å². The van der Waals surface area contributed by atoms with Gasteiger partial charge in [-0.2, -0.15) is 0 Å². The van der Waals surface area contributed by atoms with Gasteiger partial charge in [0.2, 0.25) is 0 Å². The molecule has 0 aromatic rings. The SMILES string of the molecule is CCN1CCCC1C1CNC(C(=O)O)C1. The van der Waals surface area contributed by atoms with Crippen molar-refractivity contribution in [2.75, 3.05) is 19.6 Å². The molecule has 0 spiro atoms. The second kappa shape index (κ2) is 4.49. The minimum absolute atomic E-state index is 0.311. The Labute approximate surface area is 90.6 Å². The molecule has 2 rings (SSSR count). The molecule has 3 atom stereocenters. The van der Waals surface area contributed by atoms with E-state index in [0.29, 0.717) is 12.0 Å². The highest BCUT2D eigenvalue weighted by molar-refractivity contribution is 5.73. The molecule has 86 valence electrons. The Kier molecular flexibility index (Phi) is 3.26. The Bertz CT molecular complexity index is 245. The fourth-order valence-electron chi connectivity index (χ4n) is 3.02. The van der Waals surface area contributed by atoms with E-state index >= 15 is 0 Å². The molecule has 0 aliphatic carbocycles. The van der Waals surface area contributed by atoms with Crippen LogP contribution in [0.15, 0.2) is 0 Å². The number of hydrogen-bond donors (Lipinski definition) is 2. The van der Waals surface area contributed by atoms with Crippen LogP contribution in [0.5, 0.6) is 0 Å². The molecule has 0 aromatic carbocycles. The van der Waals surface area contributed by atoms with Crippen LogP contribution in [0.25, 0.3) is 0 Å². The average Bonchev–Trinajstić information content (AvgIpc) is 2.85. The molecule has 2 heterocycles. The van der Waals surface area contributed by atoms with Crippen molar-refractivity contribution >= 4 is 5.97 Å². The molecule has 2 saturated heterocycles. The lowest BCUT2D eigenvalue weighted by Gasteiger charge is -2.27. The molecule has 3 unspecified atom stereocenters. The second-order valence-electron chi connectivity index (χ2n) is 4.63. The van der Waals surface area contributed by atoms with Gasteiger partial charge in [0.05, 0.1) is 0 Å². The topological polar surface area (TPSA) is 52.6 Å². The normalized spacial score (nSPS) is 37.3. The molecule has 4 heteroatoms. The Balaban J connectivity index is 1.92. The molecule has 0 aromatic heterocycles. The zero-order valence-electron chi connectivity index (χ0n) is 9.28. The highest BCUT2D eigenvalue weighted by Gasteiger charge is 2.37. The first-order valence-electron chi connectivity index (χ1n) is 5.92. The monoisotopic (exact) mass is 212 g/mol. The van der Waals surface area contributed by atoms with Crippen LogP contribution < -0.4 is 5.32 Å². The van der Waals surface area contributed by atoms with Crippen molar-refractivity contribution in [1.29, 1.82) is 0 Å². The van der Waals surface area contributed by atoms with E-state index in [1.165, 1.54) is 19.4 Å². The molecule has 2 aliphatic heterocycles. The van der Waals surface area contributed by atoms with Crippen molar-refractivity contribution in [3.63, 3.8) is 0 Å². The summed E-state index contributed by atoms with van der Waals surface area (Å²) in [5.41, 5.74) is 0. The molecule has 0 amide bonds. The Hall–Kier alpha value is -0.610. The van der Waals surface area contributed by atoms with E-state index in [2.05, 4.69) is 17.1 Å². The van der Waals surface area contributed by atoms with E-state index < -0.39 is 5.97 Å². The molecule has 2 aliphatic rings. The number of rotatable bonds is 3. The standard InChI is InChI=1S/C11H20N2O2/c1-2-13-5-3-4-10(13)8-6-9(11(14)15)12-7-8/h8-10,12H,2-7H2,1H3,(H,14,15). The zero-order chi connectivity index (χ0) is 10.8. The van der Waals surface area contributed by atoms with Gasteiger partial charge in [0.25, 0.3) is 0 Å². The van der Waals surface area contributed by atoms with Crippen LogP contribution in [-0.2, 0) is 4.79 Å². The summed E-state index contributed by atoms with van der Waals surface area (Å²) < 4.78 is 0. The maximum atomic E-state index is 10.8. The van der Waals surface area contributed by atoms with Crippen LogP contribution in [0.4, 0.5) is 0 Å². The lowest BCUT2D eigenvalue weighted by atomic mass is 9.94. The molecule has 0 saturated carbocycles. The van der Waals surface area contributed by atoms with Gasteiger partial charge < -0.3 is 15.3 Å². The van der Waals surface area contributed by atoms with Gasteiger partial charge >= 0.3 is 5.97 Å². The van der Waals surface area contributed by atoms with Gasteiger partial charge in [-0.25, -0.2) is 0 Å². The molecule has 2 fully saturated rings. The van der Waals surface area contributed by atoms with Crippen LogP contribution in [-0.4, -0.2) is 47.7 Å². The molecule has 2 N–H and O–H groups in total. The number of nitrogens with zero attached hydrogens (tertiary/aromatic N) is 1. The third-order valence-corrected chi connectivity index (χ3v) is 3.83. The minimum atomic E-state index is -0.696. The highest BCUT2D eigenvalue weighted by atomic mass is 16.4. The van der Waals surface area contributed by atoms with Crippen molar-refractivity contribution in [3.05, 3.63) is 0 Å². The summed E-state index contributed by atoms with van der Waals surface area (Å²) in [6.07, 6.45) is 3.32. The first-order chi connectivity index (χ1) is 7.22. The fourth-order valence-corrected chi connectivity index (χ4v) is 3.02. The molecular formula is C11H20N2O2. The molecule has 15 heavy (non-hydrogen) atoms. The molecule has 4 nitrogen and oxygen atoms in total. The van der Waals surface area contributed by atoms with E-state index in [-0.39, 0.29) is 6.04 Å². The molecule has 0 bridgehead atoms. The number of carboxylic acids is 1. The van der Waals surface area contributed by atoms with Crippen LogP contribution in [0.2, 0.25) is 0 Å². The number of carbonyl (C=O) groups is 1. The second-order valence-corrected chi connectivity index (χ2v) is 4.63. The summed E-state index contributed by atoms with van der Waals surface area (Å²) in [4.78, 5) is 13.3. The lowest BCUT2D eigenvalue weighted by Crippen LogP contribution is -2.36. The summed E-state index contributed by atoms with van der Waals surface area (Å²) in [7, 11) is 0. The van der Waals surface area contributed by atoms with Gasteiger partial charge in [-0.1, -0.05) is 6.92 Å². The molecular weight excluding hydrogens is 192 g/mol. The maximum Gasteiger partial charge on any atom is 0.320 e. The highest BCUT2D eigenvalue weighted by Crippen LogP contribution is 2.29. The third kappa shape index (κ3) is 2.16. The van der Waals surface area contributed by atoms with Gasteiger partial charge in [-0.05, 0) is 38.3 Å². The summed E-state index contributed by atoms with van der Waals surface area (Å²) in [6, 6.07) is 0.307. The van der Waals surface area contributed by atoms with Gasteiger partial charge in [0, 0.05) is 12.6 Å². The van der Waals surface area contributed by atoms with Gasteiger partial charge in [-0.3, -0.25) is 4.79 Å². The van der Waals surface area contributed by atoms with Crippen molar-refractivity contribution in [3.8, 4) is 0 Å². The number of hydrogen-bond acceptors (Lipinski definition) is 3. The van der Waals surface area contributed by atoms with Gasteiger partial charge in [0.1, 0.15) is 6.04 Å². The summed E-state index contributed by atoms with van der Waals surface area (Å²) in [5.74, 6) is -0.160. The number of carboxylic acid groups (broad SMARTS) is 1. The largest absolute Gasteiger partial charge is 0.480 e. The number of aliphatic carboxylic acids is 1. The Morgan fingerprint density at radius 3 is 3.00 bits per heavy atom. The quantitative estimate of drug-likeness (QED) is 0.716. The first kappa shape index (κ1) is 10.9. The summed E-state index contributed by atoms with van der Waals surface area (Å²) in [6.45, 7) is 5.35. The maximum absolute atomic E-state index is 10.8. The van der Waals surface area contributed by atoms with Crippen molar-refractivity contribution in [2.24, 2.45) is 5.92 Å². The summed E-state index contributed by atoms with van der Waals surface area (Å²) in [5, 5.41) is 12.0. The van der Waals surface area contributed by atoms with Gasteiger partial charge in [-0.15, -0.1) is 0 Å². The van der Waals surface area contributed by atoms with Crippen molar-refractivity contribution in [2.45, 2.75) is 38.3 Å². The third-order valence-electron chi connectivity index (χ3n) is 3.83. The molecule has 0 radical (unpaired) electrons. The predicted octanol–water partition coefficient (Wildman–Crippen LogP) is 0.533. The van der Waals surface area contributed by atoms with Crippen LogP contribution in [0, 0.1) is 5.92 Å². The van der Waals surface area contributed by atoms with E-state index in [1.807, 2.05) is 0 Å². The first-order valence-corrected chi connectivity index (χ1v) is 5.92.